The maximum absolute atomic E-state index is 12.1. The number of fused-ring (bicyclic) bond motifs is 1. The van der Waals surface area contributed by atoms with Crippen LogP contribution in [0.1, 0.15) is 17.9 Å². The van der Waals surface area contributed by atoms with Crippen LogP contribution in [0.25, 0.3) is 0 Å². The molecule has 1 unspecified atom stereocenters. The van der Waals surface area contributed by atoms with E-state index in [1.165, 1.54) is 11.2 Å². The zero-order valence-electron chi connectivity index (χ0n) is 11.8. The molecule has 1 atom stereocenters. The van der Waals surface area contributed by atoms with Crippen molar-refractivity contribution in [1.82, 2.24) is 4.90 Å². The van der Waals surface area contributed by atoms with Crippen LogP contribution >= 0.6 is 0 Å². The number of rotatable bonds is 5. The molecule has 110 valence electrons. The first kappa shape index (κ1) is 14.8. The van der Waals surface area contributed by atoms with Gasteiger partial charge in [0.05, 0.1) is 5.75 Å². The molecule has 1 amide bonds. The van der Waals surface area contributed by atoms with E-state index in [2.05, 4.69) is 5.32 Å². The van der Waals surface area contributed by atoms with Gasteiger partial charge in [-0.15, -0.1) is 0 Å². The number of nitrogens with zero attached hydrogens (tertiary/aromatic N) is 1. The first-order valence-electron chi connectivity index (χ1n) is 6.61. The largest absolute Gasteiger partial charge is 0.384 e. The van der Waals surface area contributed by atoms with Crippen molar-refractivity contribution in [2.24, 2.45) is 0 Å². The van der Waals surface area contributed by atoms with Crippen LogP contribution in [0.2, 0.25) is 0 Å². The van der Waals surface area contributed by atoms with Gasteiger partial charge in [-0.1, -0.05) is 18.2 Å². The lowest BCUT2D eigenvalue weighted by atomic mass is 9.97. The topological polar surface area (TPSA) is 66.5 Å². The van der Waals surface area contributed by atoms with Gasteiger partial charge in [0.1, 0.15) is 9.84 Å². The minimum absolute atomic E-state index is 0.00867. The number of carbonyl (C=O) groups excluding carboxylic acids is 1. The first-order valence-corrected chi connectivity index (χ1v) is 8.67. The van der Waals surface area contributed by atoms with Gasteiger partial charge in [0.25, 0.3) is 0 Å². The Balaban J connectivity index is 1.92. The quantitative estimate of drug-likeness (QED) is 0.883. The van der Waals surface area contributed by atoms with E-state index in [1.807, 2.05) is 24.3 Å². The zero-order chi connectivity index (χ0) is 14.8. The molecule has 0 spiro atoms. The SMILES string of the molecule is CN(CCS(C)(=O)=O)C(=O)CC1CNc2ccccc21. The number of benzene rings is 1. The lowest BCUT2D eigenvalue weighted by Gasteiger charge is -2.19. The fourth-order valence-electron chi connectivity index (χ4n) is 2.33. The van der Waals surface area contributed by atoms with Gasteiger partial charge in [-0.25, -0.2) is 8.42 Å². The third kappa shape index (κ3) is 3.72. The third-order valence-electron chi connectivity index (χ3n) is 3.58. The van der Waals surface area contributed by atoms with Crippen molar-refractivity contribution in [2.75, 3.05) is 37.5 Å². The highest BCUT2D eigenvalue weighted by Gasteiger charge is 2.25. The van der Waals surface area contributed by atoms with E-state index in [0.29, 0.717) is 6.42 Å². The molecular formula is C14H20N2O3S. The van der Waals surface area contributed by atoms with E-state index in [4.69, 9.17) is 0 Å². The van der Waals surface area contributed by atoms with E-state index < -0.39 is 9.84 Å². The van der Waals surface area contributed by atoms with Crippen molar-refractivity contribution < 1.29 is 13.2 Å². The molecule has 0 aliphatic carbocycles. The van der Waals surface area contributed by atoms with Crippen LogP contribution in [0, 0.1) is 0 Å². The molecule has 1 heterocycles. The van der Waals surface area contributed by atoms with Gasteiger partial charge in [0.15, 0.2) is 0 Å². The summed E-state index contributed by atoms with van der Waals surface area (Å²) in [5.41, 5.74) is 2.25. The van der Waals surface area contributed by atoms with Crippen molar-refractivity contribution in [3.63, 3.8) is 0 Å². The highest BCUT2D eigenvalue weighted by Crippen LogP contribution is 2.33. The normalized spacial score (nSPS) is 17.4. The molecule has 0 aromatic heterocycles. The highest BCUT2D eigenvalue weighted by atomic mass is 32.2. The minimum atomic E-state index is -3.03. The number of anilines is 1. The molecule has 0 radical (unpaired) electrons. The van der Waals surface area contributed by atoms with Gasteiger partial charge in [0.2, 0.25) is 5.91 Å². The molecule has 1 aliphatic heterocycles. The molecule has 0 saturated carbocycles. The second kappa shape index (κ2) is 5.83. The van der Waals surface area contributed by atoms with Gasteiger partial charge >= 0.3 is 0 Å². The van der Waals surface area contributed by atoms with E-state index in [0.717, 1.165) is 17.8 Å². The number of hydrogen-bond donors (Lipinski definition) is 1. The number of carbonyl (C=O) groups is 1. The maximum atomic E-state index is 12.1. The highest BCUT2D eigenvalue weighted by molar-refractivity contribution is 7.90. The van der Waals surface area contributed by atoms with Crippen molar-refractivity contribution >= 4 is 21.4 Å². The summed E-state index contributed by atoms with van der Waals surface area (Å²) in [6, 6.07) is 7.97. The molecule has 2 rings (SSSR count). The fourth-order valence-corrected chi connectivity index (χ4v) is 2.94. The molecule has 1 aliphatic rings. The number of sulfone groups is 1. The summed E-state index contributed by atoms with van der Waals surface area (Å²) in [5, 5.41) is 3.28. The average Bonchev–Trinajstić information content (AvgIpc) is 2.78. The van der Waals surface area contributed by atoms with Gasteiger partial charge in [-0.05, 0) is 11.6 Å². The van der Waals surface area contributed by atoms with E-state index in [1.54, 1.807) is 7.05 Å². The predicted octanol–water partition coefficient (Wildman–Crippen LogP) is 1.09. The number of nitrogens with one attached hydrogen (secondary N) is 1. The summed E-state index contributed by atoms with van der Waals surface area (Å²) < 4.78 is 22.2. The average molecular weight is 296 g/mol. The van der Waals surface area contributed by atoms with Crippen molar-refractivity contribution in [2.45, 2.75) is 12.3 Å². The van der Waals surface area contributed by atoms with Gasteiger partial charge in [-0.3, -0.25) is 4.79 Å². The zero-order valence-corrected chi connectivity index (χ0v) is 12.6. The Morgan fingerprint density at radius 2 is 2.10 bits per heavy atom. The number of amides is 1. The Hall–Kier alpha value is -1.56. The molecule has 0 saturated heterocycles. The monoisotopic (exact) mass is 296 g/mol. The molecule has 1 N–H and O–H groups in total. The molecule has 5 nitrogen and oxygen atoms in total. The fraction of sp³-hybridized carbons (Fsp3) is 0.500. The molecule has 6 heteroatoms. The Morgan fingerprint density at radius 3 is 2.80 bits per heavy atom. The van der Waals surface area contributed by atoms with Gasteiger partial charge < -0.3 is 10.2 Å². The van der Waals surface area contributed by atoms with Crippen LogP contribution in [-0.2, 0) is 14.6 Å². The van der Waals surface area contributed by atoms with Gasteiger partial charge in [-0.2, -0.15) is 0 Å². The van der Waals surface area contributed by atoms with E-state index >= 15 is 0 Å². The lowest BCUT2D eigenvalue weighted by molar-refractivity contribution is -0.129. The molecule has 1 aromatic rings. The summed E-state index contributed by atoms with van der Waals surface area (Å²) in [6.07, 6.45) is 1.59. The summed E-state index contributed by atoms with van der Waals surface area (Å²) in [5.74, 6) is 0.158. The van der Waals surface area contributed by atoms with Crippen molar-refractivity contribution in [3.05, 3.63) is 29.8 Å². The first-order chi connectivity index (χ1) is 9.37. The Morgan fingerprint density at radius 1 is 1.40 bits per heavy atom. The molecule has 0 bridgehead atoms. The molecular weight excluding hydrogens is 276 g/mol. The Bertz CT molecular complexity index is 598. The third-order valence-corrected chi connectivity index (χ3v) is 4.51. The van der Waals surface area contributed by atoms with Crippen LogP contribution in [0.5, 0.6) is 0 Å². The van der Waals surface area contributed by atoms with Crippen LogP contribution < -0.4 is 5.32 Å². The molecule has 1 aromatic carbocycles. The lowest BCUT2D eigenvalue weighted by Crippen LogP contribution is -2.32. The predicted molar refractivity (Wildman–Crippen MR) is 79.6 cm³/mol. The summed E-state index contributed by atoms with van der Waals surface area (Å²) in [7, 11) is -1.38. The summed E-state index contributed by atoms with van der Waals surface area (Å²) >= 11 is 0. The Labute approximate surface area is 119 Å². The van der Waals surface area contributed by atoms with Crippen molar-refractivity contribution in [3.8, 4) is 0 Å². The second-order valence-electron chi connectivity index (χ2n) is 5.31. The van der Waals surface area contributed by atoms with Gasteiger partial charge in [0, 0.05) is 44.4 Å². The van der Waals surface area contributed by atoms with Crippen LogP contribution in [0.3, 0.4) is 0 Å². The van der Waals surface area contributed by atoms with Crippen LogP contribution in [-0.4, -0.2) is 51.4 Å². The smallest absolute Gasteiger partial charge is 0.223 e. The number of para-hydroxylation sites is 1. The summed E-state index contributed by atoms with van der Waals surface area (Å²) in [4.78, 5) is 13.6. The standard InChI is InChI=1S/C14H20N2O3S/c1-16(7-8-20(2,18)19)14(17)9-11-10-15-13-6-4-3-5-12(11)13/h3-6,11,15H,7-10H2,1-2H3. The van der Waals surface area contributed by atoms with E-state index in [9.17, 15) is 13.2 Å². The maximum Gasteiger partial charge on any atom is 0.223 e. The van der Waals surface area contributed by atoms with Crippen LogP contribution in [0.15, 0.2) is 24.3 Å². The second-order valence-corrected chi connectivity index (χ2v) is 7.57. The number of hydrogen-bond acceptors (Lipinski definition) is 4. The molecule has 20 heavy (non-hydrogen) atoms. The van der Waals surface area contributed by atoms with Crippen molar-refractivity contribution in [1.29, 1.82) is 0 Å². The minimum Gasteiger partial charge on any atom is -0.384 e. The molecule has 0 fully saturated rings. The van der Waals surface area contributed by atoms with Crippen LogP contribution in [0.4, 0.5) is 5.69 Å². The Kier molecular flexibility index (Phi) is 4.32. The van der Waals surface area contributed by atoms with E-state index in [-0.39, 0.29) is 24.1 Å². The summed E-state index contributed by atoms with van der Waals surface area (Å²) in [6.45, 7) is 1.00.